The van der Waals surface area contributed by atoms with Crippen molar-refractivity contribution in [1.82, 2.24) is 4.90 Å². The molecule has 1 heterocycles. The highest BCUT2D eigenvalue weighted by molar-refractivity contribution is 4.81. The number of piperidine rings is 1. The van der Waals surface area contributed by atoms with Gasteiger partial charge in [0.2, 0.25) is 0 Å². The first-order chi connectivity index (χ1) is 5.00. The Bertz CT molecular complexity index is 120. The minimum absolute atomic E-state index is 0.471. The molecule has 0 unspecified atom stereocenters. The van der Waals surface area contributed by atoms with Gasteiger partial charge in [0.1, 0.15) is 0 Å². The Morgan fingerprint density at radius 2 is 1.73 bits per heavy atom. The van der Waals surface area contributed by atoms with Gasteiger partial charge < -0.3 is 10.0 Å². The van der Waals surface area contributed by atoms with Crippen molar-refractivity contribution in [2.75, 3.05) is 20.1 Å². The Labute approximate surface area is 69.2 Å². The third-order valence-electron chi connectivity index (χ3n) is 2.72. The second-order valence-corrected chi connectivity index (χ2v) is 4.23. The van der Waals surface area contributed by atoms with Gasteiger partial charge in [-0.15, -0.1) is 0 Å². The largest absolute Gasteiger partial charge is 0.390 e. The topological polar surface area (TPSA) is 23.5 Å². The number of likely N-dealkylation sites (tertiary alicyclic amines) is 1. The molecule has 1 aliphatic rings. The van der Waals surface area contributed by atoms with Gasteiger partial charge in [-0.1, -0.05) is 0 Å². The fraction of sp³-hybridized carbons (Fsp3) is 1.00. The average Bonchev–Trinajstić information content (AvgIpc) is 1.86. The SMILES string of the molecule is CN1CCC(C(C)(C)O)CC1. The molecule has 0 spiro atoms. The van der Waals surface area contributed by atoms with Gasteiger partial charge in [-0.2, -0.15) is 0 Å². The molecule has 0 radical (unpaired) electrons. The van der Waals surface area contributed by atoms with Crippen molar-refractivity contribution >= 4 is 0 Å². The second-order valence-electron chi connectivity index (χ2n) is 4.23. The summed E-state index contributed by atoms with van der Waals surface area (Å²) in [5, 5.41) is 9.71. The quantitative estimate of drug-likeness (QED) is 0.616. The van der Waals surface area contributed by atoms with Crippen LogP contribution in [0.3, 0.4) is 0 Å². The van der Waals surface area contributed by atoms with Crippen LogP contribution in [-0.4, -0.2) is 35.7 Å². The van der Waals surface area contributed by atoms with Crippen LogP contribution >= 0.6 is 0 Å². The summed E-state index contributed by atoms with van der Waals surface area (Å²) in [5.74, 6) is 0.499. The molecule has 1 aliphatic heterocycles. The van der Waals surface area contributed by atoms with E-state index in [4.69, 9.17) is 0 Å². The first-order valence-electron chi connectivity index (χ1n) is 4.41. The van der Waals surface area contributed by atoms with Crippen LogP contribution in [0.15, 0.2) is 0 Å². The number of hydrogen-bond acceptors (Lipinski definition) is 2. The molecule has 0 aliphatic carbocycles. The molecule has 0 aromatic heterocycles. The molecule has 1 rings (SSSR count). The number of hydrogen-bond donors (Lipinski definition) is 1. The molecular formula is C9H19NO. The first-order valence-corrected chi connectivity index (χ1v) is 4.41. The van der Waals surface area contributed by atoms with E-state index < -0.39 is 5.60 Å². The van der Waals surface area contributed by atoms with Gasteiger partial charge in [-0.25, -0.2) is 0 Å². The lowest BCUT2D eigenvalue weighted by molar-refractivity contribution is -0.00924. The fourth-order valence-corrected chi connectivity index (χ4v) is 1.72. The summed E-state index contributed by atoms with van der Waals surface area (Å²) < 4.78 is 0. The minimum atomic E-state index is -0.471. The lowest BCUT2D eigenvalue weighted by atomic mass is 9.83. The summed E-state index contributed by atoms with van der Waals surface area (Å²) in [6.45, 7) is 6.11. The maximum absolute atomic E-state index is 9.71. The third-order valence-corrected chi connectivity index (χ3v) is 2.72. The molecule has 66 valence electrons. The summed E-state index contributed by atoms with van der Waals surface area (Å²) in [4.78, 5) is 2.32. The highest BCUT2D eigenvalue weighted by Gasteiger charge is 2.29. The molecule has 0 aromatic carbocycles. The van der Waals surface area contributed by atoms with Gasteiger partial charge >= 0.3 is 0 Å². The van der Waals surface area contributed by atoms with Gasteiger partial charge in [-0.3, -0.25) is 0 Å². The predicted molar refractivity (Wildman–Crippen MR) is 46.5 cm³/mol. The molecule has 1 fully saturated rings. The van der Waals surface area contributed by atoms with Crippen LogP contribution in [0.1, 0.15) is 26.7 Å². The molecular weight excluding hydrogens is 138 g/mol. The zero-order valence-electron chi connectivity index (χ0n) is 7.80. The maximum Gasteiger partial charge on any atom is 0.0620 e. The molecule has 1 N–H and O–H groups in total. The van der Waals surface area contributed by atoms with Crippen molar-refractivity contribution in [1.29, 1.82) is 0 Å². The number of rotatable bonds is 1. The van der Waals surface area contributed by atoms with Crippen molar-refractivity contribution in [3.05, 3.63) is 0 Å². The number of aliphatic hydroxyl groups is 1. The van der Waals surface area contributed by atoms with Crippen LogP contribution in [0.4, 0.5) is 0 Å². The van der Waals surface area contributed by atoms with Crippen LogP contribution < -0.4 is 0 Å². The van der Waals surface area contributed by atoms with Crippen molar-refractivity contribution in [3.8, 4) is 0 Å². The van der Waals surface area contributed by atoms with Crippen molar-refractivity contribution in [3.63, 3.8) is 0 Å². The Morgan fingerprint density at radius 3 is 2.09 bits per heavy atom. The van der Waals surface area contributed by atoms with Crippen LogP contribution in [0, 0.1) is 5.92 Å². The van der Waals surface area contributed by atoms with Gasteiger partial charge in [0.15, 0.2) is 0 Å². The maximum atomic E-state index is 9.71. The first kappa shape index (κ1) is 9.01. The molecule has 1 saturated heterocycles. The van der Waals surface area contributed by atoms with Crippen LogP contribution in [0.2, 0.25) is 0 Å². The Morgan fingerprint density at radius 1 is 1.27 bits per heavy atom. The molecule has 2 nitrogen and oxygen atoms in total. The van der Waals surface area contributed by atoms with E-state index in [2.05, 4.69) is 11.9 Å². The monoisotopic (exact) mass is 157 g/mol. The molecule has 0 bridgehead atoms. The van der Waals surface area contributed by atoms with Gasteiger partial charge in [-0.05, 0) is 52.7 Å². The van der Waals surface area contributed by atoms with Crippen LogP contribution in [0.5, 0.6) is 0 Å². The summed E-state index contributed by atoms with van der Waals surface area (Å²) in [5.41, 5.74) is -0.471. The zero-order valence-corrected chi connectivity index (χ0v) is 7.80. The van der Waals surface area contributed by atoms with Gasteiger partial charge in [0, 0.05) is 0 Å². The summed E-state index contributed by atoms with van der Waals surface area (Å²) in [6, 6.07) is 0. The lowest BCUT2D eigenvalue weighted by Crippen LogP contribution is -2.40. The van der Waals surface area contributed by atoms with E-state index in [9.17, 15) is 5.11 Å². The van der Waals surface area contributed by atoms with E-state index in [1.165, 1.54) is 0 Å². The summed E-state index contributed by atoms with van der Waals surface area (Å²) >= 11 is 0. The predicted octanol–water partition coefficient (Wildman–Crippen LogP) is 1.10. The molecule has 0 saturated carbocycles. The van der Waals surface area contributed by atoms with E-state index in [1.807, 2.05) is 13.8 Å². The van der Waals surface area contributed by atoms with Crippen molar-refractivity contribution in [2.45, 2.75) is 32.3 Å². The molecule has 2 heteroatoms. The fourth-order valence-electron chi connectivity index (χ4n) is 1.72. The molecule has 11 heavy (non-hydrogen) atoms. The molecule has 0 aromatic rings. The van der Waals surface area contributed by atoms with Crippen molar-refractivity contribution < 1.29 is 5.11 Å². The summed E-state index contributed by atoms with van der Waals surface area (Å²) in [6.07, 6.45) is 2.28. The molecule has 0 atom stereocenters. The molecule has 0 amide bonds. The Balaban J connectivity index is 2.39. The van der Waals surface area contributed by atoms with E-state index in [0.717, 1.165) is 25.9 Å². The smallest absolute Gasteiger partial charge is 0.0620 e. The van der Waals surface area contributed by atoms with E-state index in [-0.39, 0.29) is 0 Å². The van der Waals surface area contributed by atoms with Crippen LogP contribution in [0.25, 0.3) is 0 Å². The summed E-state index contributed by atoms with van der Waals surface area (Å²) in [7, 11) is 2.14. The van der Waals surface area contributed by atoms with Crippen LogP contribution in [-0.2, 0) is 0 Å². The van der Waals surface area contributed by atoms with Crippen molar-refractivity contribution in [2.24, 2.45) is 5.92 Å². The highest BCUT2D eigenvalue weighted by Crippen LogP contribution is 2.26. The zero-order chi connectivity index (χ0) is 8.48. The van der Waals surface area contributed by atoms with E-state index in [0.29, 0.717) is 5.92 Å². The normalized spacial score (nSPS) is 24.0. The standard InChI is InChI=1S/C9H19NO/c1-9(2,11)8-4-6-10(3)7-5-8/h8,11H,4-7H2,1-3H3. The lowest BCUT2D eigenvalue weighted by Gasteiger charge is -2.36. The van der Waals surface area contributed by atoms with E-state index >= 15 is 0 Å². The Hall–Kier alpha value is -0.0800. The number of nitrogens with zero attached hydrogens (tertiary/aromatic N) is 1. The Kier molecular flexibility index (Phi) is 2.55. The van der Waals surface area contributed by atoms with Gasteiger partial charge in [0.25, 0.3) is 0 Å². The minimum Gasteiger partial charge on any atom is -0.390 e. The average molecular weight is 157 g/mol. The third kappa shape index (κ3) is 2.46. The van der Waals surface area contributed by atoms with Gasteiger partial charge in [0.05, 0.1) is 5.60 Å². The highest BCUT2D eigenvalue weighted by atomic mass is 16.3. The second kappa shape index (κ2) is 3.11. The van der Waals surface area contributed by atoms with E-state index in [1.54, 1.807) is 0 Å².